The van der Waals surface area contributed by atoms with Crippen molar-refractivity contribution in [3.8, 4) is 5.75 Å². The Labute approximate surface area is 208 Å². The lowest BCUT2D eigenvalue weighted by atomic mass is 10.2. The molecule has 3 aromatic rings. The molecule has 0 aromatic heterocycles. The maximum Gasteiger partial charge on any atom is 0.338 e. The van der Waals surface area contributed by atoms with Gasteiger partial charge in [0.05, 0.1) is 27.8 Å². The van der Waals surface area contributed by atoms with E-state index < -0.39 is 21.9 Å². The molecule has 0 aliphatic carbocycles. The predicted molar refractivity (Wildman–Crippen MR) is 133 cm³/mol. The molecule has 10 heteroatoms. The predicted octanol–water partition coefficient (Wildman–Crippen LogP) is 4.29. The molecular formula is C25H23ClN2O6S. The number of hydrogen-bond donors (Lipinski definition) is 1. The van der Waals surface area contributed by atoms with Gasteiger partial charge in [-0.2, -0.15) is 0 Å². The third-order valence-corrected chi connectivity index (χ3v) is 7.48. The fourth-order valence-electron chi connectivity index (χ4n) is 3.69. The van der Waals surface area contributed by atoms with Crippen molar-refractivity contribution in [2.45, 2.75) is 18.2 Å². The van der Waals surface area contributed by atoms with Gasteiger partial charge in [0.25, 0.3) is 15.9 Å². The third-order valence-electron chi connectivity index (χ3n) is 5.37. The lowest BCUT2D eigenvalue weighted by Crippen LogP contribution is -2.29. The van der Waals surface area contributed by atoms with E-state index in [1.54, 1.807) is 43.3 Å². The Bertz CT molecular complexity index is 1360. The Morgan fingerprint density at radius 2 is 1.80 bits per heavy atom. The topological polar surface area (TPSA) is 102 Å². The highest BCUT2D eigenvalue weighted by Crippen LogP contribution is 2.35. The number of nitrogens with one attached hydrogen (secondary N) is 1. The molecule has 0 unspecified atom stereocenters. The highest BCUT2D eigenvalue weighted by atomic mass is 35.5. The van der Waals surface area contributed by atoms with E-state index in [9.17, 15) is 18.0 Å². The summed E-state index contributed by atoms with van der Waals surface area (Å²) in [6.07, 6.45) is 0.644. The lowest BCUT2D eigenvalue weighted by Gasteiger charge is -2.20. The second kappa shape index (κ2) is 10.4. The minimum Gasteiger partial charge on any atom is -0.482 e. The van der Waals surface area contributed by atoms with Crippen molar-refractivity contribution in [2.24, 2.45) is 0 Å². The first-order valence-corrected chi connectivity index (χ1v) is 12.7. The van der Waals surface area contributed by atoms with E-state index in [0.29, 0.717) is 29.9 Å². The van der Waals surface area contributed by atoms with Crippen LogP contribution in [0.15, 0.2) is 71.6 Å². The van der Waals surface area contributed by atoms with Crippen molar-refractivity contribution in [3.63, 3.8) is 0 Å². The van der Waals surface area contributed by atoms with Gasteiger partial charge >= 0.3 is 5.97 Å². The standard InChI is InChI=1S/C25H23ClN2O6S/c1-2-33-25(30)18-7-9-19(10-8-18)27-24(29)16-34-23-12-11-20(15-21(23)26)35(31,32)28-14-13-17-5-3-4-6-22(17)28/h3-12,15H,2,13-14,16H2,1H3,(H,27,29). The molecule has 1 heterocycles. The van der Waals surface area contributed by atoms with Crippen molar-refractivity contribution < 1.29 is 27.5 Å². The normalized spacial score (nSPS) is 12.7. The molecule has 182 valence electrons. The Balaban J connectivity index is 1.38. The van der Waals surface area contributed by atoms with Crippen LogP contribution in [0.1, 0.15) is 22.8 Å². The zero-order valence-corrected chi connectivity index (χ0v) is 20.4. The minimum absolute atomic E-state index is 0.0395. The van der Waals surface area contributed by atoms with Gasteiger partial charge in [0, 0.05) is 12.2 Å². The van der Waals surface area contributed by atoms with Crippen LogP contribution in [0.5, 0.6) is 5.75 Å². The average molecular weight is 515 g/mol. The molecule has 0 spiro atoms. The fraction of sp³-hybridized carbons (Fsp3) is 0.200. The van der Waals surface area contributed by atoms with Gasteiger partial charge in [0.2, 0.25) is 0 Å². The van der Waals surface area contributed by atoms with E-state index in [2.05, 4.69) is 5.32 Å². The summed E-state index contributed by atoms with van der Waals surface area (Å²) in [5.74, 6) is -0.710. The van der Waals surface area contributed by atoms with Gasteiger partial charge in [0.1, 0.15) is 5.75 Å². The Kier molecular flexibility index (Phi) is 7.28. The number of esters is 1. The summed E-state index contributed by atoms with van der Waals surface area (Å²) < 4.78 is 38.1. The van der Waals surface area contributed by atoms with Crippen LogP contribution < -0.4 is 14.4 Å². The summed E-state index contributed by atoms with van der Waals surface area (Å²) in [7, 11) is -3.80. The van der Waals surface area contributed by atoms with E-state index >= 15 is 0 Å². The molecule has 0 saturated heterocycles. The number of fused-ring (bicyclic) bond motifs is 1. The van der Waals surface area contributed by atoms with Crippen LogP contribution in [0.4, 0.5) is 11.4 Å². The quantitative estimate of drug-likeness (QED) is 0.450. The zero-order valence-electron chi connectivity index (χ0n) is 18.9. The van der Waals surface area contributed by atoms with E-state index in [4.69, 9.17) is 21.1 Å². The minimum atomic E-state index is -3.80. The van der Waals surface area contributed by atoms with Crippen LogP contribution in [0.25, 0.3) is 0 Å². The number of hydrogen-bond acceptors (Lipinski definition) is 6. The van der Waals surface area contributed by atoms with Crippen LogP contribution in [-0.2, 0) is 26.0 Å². The van der Waals surface area contributed by atoms with Crippen LogP contribution in [0.3, 0.4) is 0 Å². The number of carbonyl (C=O) groups excluding carboxylic acids is 2. The number of ether oxygens (including phenoxy) is 2. The summed E-state index contributed by atoms with van der Waals surface area (Å²) in [5, 5.41) is 2.72. The van der Waals surface area contributed by atoms with E-state index in [1.807, 2.05) is 12.1 Å². The number of benzene rings is 3. The maximum absolute atomic E-state index is 13.2. The van der Waals surface area contributed by atoms with Crippen molar-refractivity contribution >= 4 is 44.9 Å². The number of carbonyl (C=O) groups is 2. The highest BCUT2D eigenvalue weighted by molar-refractivity contribution is 7.92. The molecule has 8 nitrogen and oxygen atoms in total. The molecule has 0 radical (unpaired) electrons. The smallest absolute Gasteiger partial charge is 0.338 e. The maximum atomic E-state index is 13.2. The van der Waals surface area contributed by atoms with Gasteiger partial charge in [-0.25, -0.2) is 13.2 Å². The van der Waals surface area contributed by atoms with Crippen LogP contribution in [0.2, 0.25) is 5.02 Å². The fourth-order valence-corrected chi connectivity index (χ4v) is 5.52. The van der Waals surface area contributed by atoms with Crippen LogP contribution in [0, 0.1) is 0 Å². The molecule has 4 rings (SSSR count). The molecule has 35 heavy (non-hydrogen) atoms. The molecule has 3 aromatic carbocycles. The second-order valence-corrected chi connectivity index (χ2v) is 9.95. The van der Waals surface area contributed by atoms with Crippen LogP contribution in [-0.4, -0.2) is 40.1 Å². The molecule has 0 bridgehead atoms. The second-order valence-electron chi connectivity index (χ2n) is 7.68. The number of para-hydroxylation sites is 1. The number of rotatable bonds is 8. The van der Waals surface area contributed by atoms with Crippen molar-refractivity contribution in [3.05, 3.63) is 82.9 Å². The van der Waals surface area contributed by atoms with Crippen molar-refractivity contribution in [1.82, 2.24) is 0 Å². The Morgan fingerprint density at radius 1 is 1.06 bits per heavy atom. The Morgan fingerprint density at radius 3 is 2.51 bits per heavy atom. The molecule has 1 amide bonds. The molecule has 1 N–H and O–H groups in total. The average Bonchev–Trinajstić information content (AvgIpc) is 3.29. The van der Waals surface area contributed by atoms with E-state index in [0.717, 1.165) is 5.56 Å². The van der Waals surface area contributed by atoms with Crippen LogP contribution >= 0.6 is 11.6 Å². The number of amides is 1. The summed E-state index contributed by atoms with van der Waals surface area (Å²) in [6.45, 7) is 2.01. The third kappa shape index (κ3) is 5.41. The molecule has 0 fully saturated rings. The van der Waals surface area contributed by atoms with Crippen molar-refractivity contribution in [1.29, 1.82) is 0 Å². The van der Waals surface area contributed by atoms with Gasteiger partial charge in [-0.15, -0.1) is 0 Å². The number of anilines is 2. The Hall–Kier alpha value is -3.56. The zero-order chi connectivity index (χ0) is 25.0. The number of halogens is 1. The number of sulfonamides is 1. The highest BCUT2D eigenvalue weighted by Gasteiger charge is 2.31. The summed E-state index contributed by atoms with van der Waals surface area (Å²) >= 11 is 6.28. The first-order chi connectivity index (χ1) is 16.8. The first-order valence-electron chi connectivity index (χ1n) is 10.9. The molecule has 0 atom stereocenters. The summed E-state index contributed by atoms with van der Waals surface area (Å²) in [6, 6.07) is 17.8. The van der Waals surface area contributed by atoms with Gasteiger partial charge in [-0.05, 0) is 67.4 Å². The van der Waals surface area contributed by atoms with E-state index in [-0.39, 0.29) is 28.9 Å². The first kappa shape index (κ1) is 24.6. The summed E-state index contributed by atoms with van der Waals surface area (Å²) in [5.41, 5.74) is 2.49. The number of nitrogens with zero attached hydrogens (tertiary/aromatic N) is 1. The van der Waals surface area contributed by atoms with Gasteiger partial charge in [-0.1, -0.05) is 29.8 Å². The van der Waals surface area contributed by atoms with Gasteiger partial charge in [0.15, 0.2) is 6.61 Å². The molecule has 1 aliphatic heterocycles. The summed E-state index contributed by atoms with van der Waals surface area (Å²) in [4.78, 5) is 24.0. The monoisotopic (exact) mass is 514 g/mol. The van der Waals surface area contributed by atoms with Gasteiger partial charge in [-0.3, -0.25) is 9.10 Å². The molecule has 1 aliphatic rings. The largest absolute Gasteiger partial charge is 0.482 e. The lowest BCUT2D eigenvalue weighted by molar-refractivity contribution is -0.118. The molecular weight excluding hydrogens is 492 g/mol. The van der Waals surface area contributed by atoms with Crippen molar-refractivity contribution in [2.75, 3.05) is 29.4 Å². The van der Waals surface area contributed by atoms with Gasteiger partial charge < -0.3 is 14.8 Å². The van der Waals surface area contributed by atoms with E-state index in [1.165, 1.54) is 22.5 Å². The molecule has 0 saturated carbocycles. The SMILES string of the molecule is CCOC(=O)c1ccc(NC(=O)COc2ccc(S(=O)(=O)N3CCc4ccccc43)cc2Cl)cc1.